The Hall–Kier alpha value is -1.02. The summed E-state index contributed by atoms with van der Waals surface area (Å²) in [5, 5.41) is -0.129. The average Bonchev–Trinajstić information content (AvgIpc) is 2.36. The predicted molar refractivity (Wildman–Crippen MR) is 75.0 cm³/mol. The second kappa shape index (κ2) is 7.42. The van der Waals surface area contributed by atoms with Crippen molar-refractivity contribution in [2.45, 2.75) is 44.9 Å². The first-order chi connectivity index (χ1) is 8.54. The molecule has 0 N–H and O–H groups in total. The SMILES string of the molecule is CCOC(=O)CCC(Cl)c1ccc(C(C)C)cc1. The summed E-state index contributed by atoms with van der Waals surface area (Å²) in [6, 6.07) is 8.27. The van der Waals surface area contributed by atoms with Crippen LogP contribution in [-0.4, -0.2) is 12.6 Å². The van der Waals surface area contributed by atoms with Crippen molar-refractivity contribution in [3.05, 3.63) is 35.4 Å². The summed E-state index contributed by atoms with van der Waals surface area (Å²) in [7, 11) is 0. The molecular formula is C15H21ClO2. The molecule has 0 heterocycles. The zero-order valence-electron chi connectivity index (χ0n) is 11.3. The highest BCUT2D eigenvalue weighted by Gasteiger charge is 2.11. The first-order valence-electron chi connectivity index (χ1n) is 6.44. The van der Waals surface area contributed by atoms with E-state index in [0.29, 0.717) is 25.4 Å². The van der Waals surface area contributed by atoms with E-state index in [2.05, 4.69) is 26.0 Å². The minimum atomic E-state index is -0.179. The van der Waals surface area contributed by atoms with Crippen molar-refractivity contribution in [3.8, 4) is 0 Å². The number of hydrogen-bond donors (Lipinski definition) is 0. The number of alkyl halides is 1. The molecule has 0 amide bonds. The van der Waals surface area contributed by atoms with E-state index in [-0.39, 0.29) is 11.3 Å². The van der Waals surface area contributed by atoms with Crippen LogP contribution in [0, 0.1) is 0 Å². The Morgan fingerprint density at radius 2 is 1.78 bits per heavy atom. The van der Waals surface area contributed by atoms with Gasteiger partial charge in [0.1, 0.15) is 0 Å². The molecule has 1 rings (SSSR count). The van der Waals surface area contributed by atoms with Gasteiger partial charge in [-0.3, -0.25) is 4.79 Å². The Bertz CT molecular complexity index is 371. The molecule has 0 saturated carbocycles. The highest BCUT2D eigenvalue weighted by Crippen LogP contribution is 2.27. The molecule has 0 aliphatic carbocycles. The molecule has 0 spiro atoms. The van der Waals surface area contributed by atoms with Crippen molar-refractivity contribution in [2.75, 3.05) is 6.61 Å². The van der Waals surface area contributed by atoms with Crippen molar-refractivity contribution in [3.63, 3.8) is 0 Å². The number of ether oxygens (including phenoxy) is 1. The highest BCUT2D eigenvalue weighted by molar-refractivity contribution is 6.20. The van der Waals surface area contributed by atoms with E-state index in [4.69, 9.17) is 16.3 Å². The molecule has 3 heteroatoms. The zero-order chi connectivity index (χ0) is 13.5. The van der Waals surface area contributed by atoms with Gasteiger partial charge in [0.05, 0.1) is 12.0 Å². The second-order valence-corrected chi connectivity index (χ2v) is 5.16. The van der Waals surface area contributed by atoms with Crippen molar-refractivity contribution in [2.24, 2.45) is 0 Å². The topological polar surface area (TPSA) is 26.3 Å². The van der Waals surface area contributed by atoms with Gasteiger partial charge < -0.3 is 4.74 Å². The lowest BCUT2D eigenvalue weighted by Crippen LogP contribution is -2.05. The molecule has 0 aromatic heterocycles. The van der Waals surface area contributed by atoms with E-state index in [1.54, 1.807) is 6.92 Å². The lowest BCUT2D eigenvalue weighted by atomic mass is 10.00. The van der Waals surface area contributed by atoms with Gasteiger partial charge in [-0.2, -0.15) is 0 Å². The van der Waals surface area contributed by atoms with Gasteiger partial charge in [-0.1, -0.05) is 38.1 Å². The Morgan fingerprint density at radius 1 is 1.22 bits per heavy atom. The molecule has 100 valence electrons. The van der Waals surface area contributed by atoms with Crippen molar-refractivity contribution >= 4 is 17.6 Å². The molecule has 2 nitrogen and oxygen atoms in total. The van der Waals surface area contributed by atoms with Gasteiger partial charge in [0.15, 0.2) is 0 Å². The quantitative estimate of drug-likeness (QED) is 0.563. The molecule has 1 atom stereocenters. The van der Waals surface area contributed by atoms with Crippen LogP contribution in [0.1, 0.15) is 56.0 Å². The average molecular weight is 269 g/mol. The van der Waals surface area contributed by atoms with Crippen LogP contribution in [0.25, 0.3) is 0 Å². The van der Waals surface area contributed by atoms with E-state index < -0.39 is 0 Å². The van der Waals surface area contributed by atoms with E-state index in [1.165, 1.54) is 5.56 Å². The molecule has 0 bridgehead atoms. The predicted octanol–water partition coefficient (Wildman–Crippen LogP) is 4.43. The van der Waals surface area contributed by atoms with Gasteiger partial charge in [0, 0.05) is 6.42 Å². The van der Waals surface area contributed by atoms with Crippen molar-refractivity contribution in [1.82, 2.24) is 0 Å². The first-order valence-corrected chi connectivity index (χ1v) is 6.87. The Morgan fingerprint density at radius 3 is 2.28 bits per heavy atom. The third kappa shape index (κ3) is 4.69. The molecule has 0 radical (unpaired) electrons. The molecule has 18 heavy (non-hydrogen) atoms. The summed E-state index contributed by atoms with van der Waals surface area (Å²) in [4.78, 5) is 11.2. The lowest BCUT2D eigenvalue weighted by molar-refractivity contribution is -0.143. The minimum Gasteiger partial charge on any atom is -0.466 e. The van der Waals surface area contributed by atoms with Gasteiger partial charge >= 0.3 is 5.97 Å². The Kier molecular flexibility index (Phi) is 6.20. The number of esters is 1. The molecule has 1 aromatic rings. The van der Waals surface area contributed by atoms with Gasteiger partial charge in [-0.25, -0.2) is 0 Å². The normalized spacial score (nSPS) is 12.5. The van der Waals surface area contributed by atoms with E-state index in [9.17, 15) is 4.79 Å². The summed E-state index contributed by atoms with van der Waals surface area (Å²) in [6.07, 6.45) is 0.982. The van der Waals surface area contributed by atoms with Gasteiger partial charge in [0.25, 0.3) is 0 Å². The third-order valence-electron chi connectivity index (χ3n) is 2.87. The fraction of sp³-hybridized carbons (Fsp3) is 0.533. The summed E-state index contributed by atoms with van der Waals surface area (Å²) >= 11 is 6.27. The largest absolute Gasteiger partial charge is 0.466 e. The lowest BCUT2D eigenvalue weighted by Gasteiger charge is -2.11. The molecule has 1 unspecified atom stereocenters. The number of hydrogen-bond acceptors (Lipinski definition) is 2. The van der Waals surface area contributed by atoms with Gasteiger partial charge in [0.2, 0.25) is 0 Å². The minimum absolute atomic E-state index is 0.129. The maximum Gasteiger partial charge on any atom is 0.305 e. The fourth-order valence-electron chi connectivity index (χ4n) is 1.73. The molecule has 0 aliphatic rings. The van der Waals surface area contributed by atoms with Crippen LogP contribution in [0.15, 0.2) is 24.3 Å². The van der Waals surface area contributed by atoms with Crippen LogP contribution >= 0.6 is 11.6 Å². The van der Waals surface area contributed by atoms with E-state index in [1.807, 2.05) is 12.1 Å². The maximum absolute atomic E-state index is 11.2. The van der Waals surface area contributed by atoms with Crippen LogP contribution < -0.4 is 0 Å². The standard InChI is InChI=1S/C15H21ClO2/c1-4-18-15(17)10-9-14(16)13-7-5-12(6-8-13)11(2)3/h5-8,11,14H,4,9-10H2,1-3H3. The van der Waals surface area contributed by atoms with Crippen LogP contribution in [-0.2, 0) is 9.53 Å². The van der Waals surface area contributed by atoms with Crippen LogP contribution in [0.3, 0.4) is 0 Å². The monoisotopic (exact) mass is 268 g/mol. The number of halogens is 1. The van der Waals surface area contributed by atoms with Crippen LogP contribution in [0.2, 0.25) is 0 Å². The van der Waals surface area contributed by atoms with E-state index >= 15 is 0 Å². The summed E-state index contributed by atoms with van der Waals surface area (Å²) in [5.41, 5.74) is 2.36. The Balaban J connectivity index is 2.51. The van der Waals surface area contributed by atoms with Crippen molar-refractivity contribution in [1.29, 1.82) is 0 Å². The van der Waals surface area contributed by atoms with Crippen LogP contribution in [0.5, 0.6) is 0 Å². The van der Waals surface area contributed by atoms with E-state index in [0.717, 1.165) is 5.56 Å². The smallest absolute Gasteiger partial charge is 0.305 e. The number of rotatable bonds is 6. The number of benzene rings is 1. The fourth-order valence-corrected chi connectivity index (χ4v) is 1.99. The number of carbonyl (C=O) groups is 1. The molecule has 1 aromatic carbocycles. The molecule has 0 fully saturated rings. The molecule has 0 saturated heterocycles. The molecular weight excluding hydrogens is 248 g/mol. The number of carbonyl (C=O) groups excluding carboxylic acids is 1. The maximum atomic E-state index is 11.2. The second-order valence-electron chi connectivity index (χ2n) is 4.63. The third-order valence-corrected chi connectivity index (χ3v) is 3.34. The summed E-state index contributed by atoms with van der Waals surface area (Å²) in [6.45, 7) is 6.55. The zero-order valence-corrected chi connectivity index (χ0v) is 12.0. The van der Waals surface area contributed by atoms with Crippen molar-refractivity contribution < 1.29 is 9.53 Å². The molecule has 0 aliphatic heterocycles. The van der Waals surface area contributed by atoms with Gasteiger partial charge in [-0.05, 0) is 30.4 Å². The highest BCUT2D eigenvalue weighted by atomic mass is 35.5. The van der Waals surface area contributed by atoms with Crippen LogP contribution in [0.4, 0.5) is 0 Å². The van der Waals surface area contributed by atoms with Gasteiger partial charge in [-0.15, -0.1) is 11.6 Å². The Labute approximate surface area is 114 Å². The summed E-state index contributed by atoms with van der Waals surface area (Å²) < 4.78 is 4.88. The summed E-state index contributed by atoms with van der Waals surface area (Å²) in [5.74, 6) is 0.342. The first kappa shape index (κ1) is 15.0.